The van der Waals surface area contributed by atoms with Crippen LogP contribution in [-0.2, 0) is 11.2 Å². The second-order valence-corrected chi connectivity index (χ2v) is 5.82. The summed E-state index contributed by atoms with van der Waals surface area (Å²) < 4.78 is 13.1. The van der Waals surface area contributed by atoms with Gasteiger partial charge in [0.15, 0.2) is 0 Å². The van der Waals surface area contributed by atoms with Crippen LogP contribution >= 0.6 is 0 Å². The Morgan fingerprint density at radius 2 is 1.91 bits per heavy atom. The molecule has 118 valence electrons. The number of carbonyl (C=O) groups excluding carboxylic acids is 1. The van der Waals surface area contributed by atoms with E-state index in [4.69, 9.17) is 0 Å². The molecule has 0 fully saturated rings. The van der Waals surface area contributed by atoms with E-state index < -0.39 is 0 Å². The Hall–Kier alpha value is -2.42. The number of carbonyl (C=O) groups is 1. The van der Waals surface area contributed by atoms with Crippen LogP contribution in [0.1, 0.15) is 24.0 Å². The molecular weight excluding hydrogens is 289 g/mol. The van der Waals surface area contributed by atoms with Gasteiger partial charge in [-0.3, -0.25) is 4.79 Å². The SMILES string of the molecule is O=C(CCc1cccc(F)c1)N1CC=C(c2ccccc2)CC1. The number of amides is 1. The lowest BCUT2D eigenvalue weighted by molar-refractivity contribution is -0.130. The minimum Gasteiger partial charge on any atom is -0.339 e. The van der Waals surface area contributed by atoms with Crippen molar-refractivity contribution in [3.63, 3.8) is 0 Å². The smallest absolute Gasteiger partial charge is 0.223 e. The van der Waals surface area contributed by atoms with Crippen molar-refractivity contribution in [3.05, 3.63) is 77.6 Å². The number of hydrogen-bond acceptors (Lipinski definition) is 1. The van der Waals surface area contributed by atoms with E-state index in [9.17, 15) is 9.18 Å². The van der Waals surface area contributed by atoms with Crippen LogP contribution in [0.4, 0.5) is 4.39 Å². The molecule has 0 aromatic heterocycles. The monoisotopic (exact) mass is 309 g/mol. The zero-order valence-electron chi connectivity index (χ0n) is 13.0. The fourth-order valence-corrected chi connectivity index (χ4v) is 2.91. The Labute approximate surface area is 136 Å². The Morgan fingerprint density at radius 3 is 2.61 bits per heavy atom. The van der Waals surface area contributed by atoms with Crippen LogP contribution in [0, 0.1) is 5.82 Å². The highest BCUT2D eigenvalue weighted by Gasteiger charge is 2.17. The molecule has 23 heavy (non-hydrogen) atoms. The maximum atomic E-state index is 13.1. The van der Waals surface area contributed by atoms with E-state index in [1.807, 2.05) is 29.2 Å². The fraction of sp³-hybridized carbons (Fsp3) is 0.250. The molecule has 3 heteroatoms. The third kappa shape index (κ3) is 4.07. The molecule has 0 atom stereocenters. The van der Waals surface area contributed by atoms with E-state index >= 15 is 0 Å². The summed E-state index contributed by atoms with van der Waals surface area (Å²) in [7, 11) is 0. The van der Waals surface area contributed by atoms with Crippen molar-refractivity contribution in [3.8, 4) is 0 Å². The van der Waals surface area contributed by atoms with E-state index in [2.05, 4.69) is 18.2 Å². The van der Waals surface area contributed by atoms with E-state index in [1.165, 1.54) is 23.3 Å². The van der Waals surface area contributed by atoms with Gasteiger partial charge in [0.1, 0.15) is 5.82 Å². The molecule has 1 amide bonds. The number of nitrogens with zero attached hydrogens (tertiary/aromatic N) is 1. The van der Waals surface area contributed by atoms with Gasteiger partial charge in [0.25, 0.3) is 0 Å². The number of hydrogen-bond donors (Lipinski definition) is 0. The van der Waals surface area contributed by atoms with Crippen LogP contribution in [0.15, 0.2) is 60.7 Å². The first-order chi connectivity index (χ1) is 11.2. The van der Waals surface area contributed by atoms with Gasteiger partial charge in [-0.25, -0.2) is 4.39 Å². The Balaban J connectivity index is 1.55. The van der Waals surface area contributed by atoms with Crippen molar-refractivity contribution in [2.45, 2.75) is 19.3 Å². The van der Waals surface area contributed by atoms with Crippen LogP contribution in [0.2, 0.25) is 0 Å². The van der Waals surface area contributed by atoms with Gasteiger partial charge in [-0.05, 0) is 41.7 Å². The lowest BCUT2D eigenvalue weighted by atomic mass is 9.99. The molecule has 0 unspecified atom stereocenters. The van der Waals surface area contributed by atoms with Crippen LogP contribution in [-0.4, -0.2) is 23.9 Å². The molecule has 0 N–H and O–H groups in total. The lowest BCUT2D eigenvalue weighted by Gasteiger charge is -2.26. The van der Waals surface area contributed by atoms with Gasteiger partial charge in [-0.1, -0.05) is 48.5 Å². The van der Waals surface area contributed by atoms with E-state index in [0.29, 0.717) is 19.4 Å². The highest BCUT2D eigenvalue weighted by atomic mass is 19.1. The van der Waals surface area contributed by atoms with Crippen LogP contribution in [0.25, 0.3) is 5.57 Å². The van der Waals surface area contributed by atoms with Gasteiger partial charge in [0.2, 0.25) is 5.91 Å². The topological polar surface area (TPSA) is 20.3 Å². The maximum absolute atomic E-state index is 13.1. The largest absolute Gasteiger partial charge is 0.339 e. The molecular formula is C20H20FNO. The average molecular weight is 309 g/mol. The minimum atomic E-state index is -0.247. The summed E-state index contributed by atoms with van der Waals surface area (Å²) in [6.07, 6.45) is 4.04. The average Bonchev–Trinajstić information content (AvgIpc) is 2.61. The van der Waals surface area contributed by atoms with Gasteiger partial charge >= 0.3 is 0 Å². The molecule has 0 bridgehead atoms. The molecule has 0 spiro atoms. The Kier molecular flexibility index (Phi) is 4.86. The van der Waals surface area contributed by atoms with Crippen LogP contribution < -0.4 is 0 Å². The first kappa shape index (κ1) is 15.5. The van der Waals surface area contributed by atoms with Crippen molar-refractivity contribution in [2.75, 3.05) is 13.1 Å². The van der Waals surface area contributed by atoms with Gasteiger partial charge < -0.3 is 4.90 Å². The summed E-state index contributed by atoms with van der Waals surface area (Å²) in [5, 5.41) is 0. The molecule has 2 aromatic rings. The van der Waals surface area contributed by atoms with E-state index in [1.54, 1.807) is 6.07 Å². The molecule has 0 saturated carbocycles. The third-order valence-electron chi connectivity index (χ3n) is 4.22. The summed E-state index contributed by atoms with van der Waals surface area (Å²) >= 11 is 0. The maximum Gasteiger partial charge on any atom is 0.223 e. The Bertz CT molecular complexity index is 709. The summed E-state index contributed by atoms with van der Waals surface area (Å²) in [6, 6.07) is 16.8. The number of rotatable bonds is 4. The van der Waals surface area contributed by atoms with E-state index in [-0.39, 0.29) is 11.7 Å². The summed E-state index contributed by atoms with van der Waals surface area (Å²) in [5.41, 5.74) is 3.41. The second-order valence-electron chi connectivity index (χ2n) is 5.82. The number of aryl methyl sites for hydroxylation is 1. The summed E-state index contributed by atoms with van der Waals surface area (Å²) in [6.45, 7) is 1.41. The van der Waals surface area contributed by atoms with Crippen molar-refractivity contribution in [1.82, 2.24) is 4.90 Å². The first-order valence-electron chi connectivity index (χ1n) is 7.99. The van der Waals surface area contributed by atoms with Crippen molar-refractivity contribution in [2.24, 2.45) is 0 Å². The quantitative estimate of drug-likeness (QED) is 0.833. The molecule has 2 aromatic carbocycles. The zero-order valence-corrected chi connectivity index (χ0v) is 13.0. The predicted octanol–water partition coefficient (Wildman–Crippen LogP) is 4.07. The molecule has 2 nitrogen and oxygen atoms in total. The molecule has 1 heterocycles. The Morgan fingerprint density at radius 1 is 1.09 bits per heavy atom. The molecule has 0 radical (unpaired) electrons. The van der Waals surface area contributed by atoms with Crippen molar-refractivity contribution >= 4 is 11.5 Å². The van der Waals surface area contributed by atoms with Gasteiger partial charge in [-0.15, -0.1) is 0 Å². The normalized spacial score (nSPS) is 14.5. The predicted molar refractivity (Wildman–Crippen MR) is 90.3 cm³/mol. The third-order valence-corrected chi connectivity index (χ3v) is 4.22. The molecule has 1 aliphatic rings. The summed E-state index contributed by atoms with van der Waals surface area (Å²) in [4.78, 5) is 14.2. The number of halogens is 1. The standard InChI is InChI=1S/C20H20FNO/c21-19-8-4-5-16(15-19)9-10-20(23)22-13-11-18(12-14-22)17-6-2-1-3-7-17/h1-8,11,15H,9-10,12-14H2. The highest BCUT2D eigenvalue weighted by molar-refractivity contribution is 5.78. The highest BCUT2D eigenvalue weighted by Crippen LogP contribution is 2.22. The number of benzene rings is 2. The summed E-state index contributed by atoms with van der Waals surface area (Å²) in [5.74, 6) is -0.110. The van der Waals surface area contributed by atoms with Gasteiger partial charge in [0.05, 0.1) is 0 Å². The lowest BCUT2D eigenvalue weighted by Crippen LogP contribution is -2.34. The minimum absolute atomic E-state index is 0.137. The van der Waals surface area contributed by atoms with Gasteiger partial charge in [-0.2, -0.15) is 0 Å². The zero-order chi connectivity index (χ0) is 16.1. The second kappa shape index (κ2) is 7.23. The molecule has 0 saturated heterocycles. The van der Waals surface area contributed by atoms with E-state index in [0.717, 1.165) is 18.5 Å². The van der Waals surface area contributed by atoms with Crippen molar-refractivity contribution in [1.29, 1.82) is 0 Å². The van der Waals surface area contributed by atoms with Crippen LogP contribution in [0.5, 0.6) is 0 Å². The van der Waals surface area contributed by atoms with Crippen molar-refractivity contribution < 1.29 is 9.18 Å². The molecule has 1 aliphatic heterocycles. The molecule has 0 aliphatic carbocycles. The van der Waals surface area contributed by atoms with Gasteiger partial charge in [0, 0.05) is 19.5 Å². The fourth-order valence-electron chi connectivity index (χ4n) is 2.91. The molecule has 3 rings (SSSR count). The van der Waals surface area contributed by atoms with Crippen LogP contribution in [0.3, 0.4) is 0 Å². The first-order valence-corrected chi connectivity index (χ1v) is 7.99.